The highest BCUT2D eigenvalue weighted by Crippen LogP contribution is 2.25. The zero-order chi connectivity index (χ0) is 33.0. The fourth-order valence-electron chi connectivity index (χ4n) is 5.32. The Morgan fingerprint density at radius 3 is 1.02 bits per heavy atom. The maximum Gasteiger partial charge on any atom is 0.164 e. The largest absolute Gasteiger partial charge is 0.208 e. The lowest BCUT2D eigenvalue weighted by molar-refractivity contribution is 0.795. The lowest BCUT2D eigenvalue weighted by atomic mass is 10.1. The molecule has 48 heavy (non-hydrogen) atoms. The van der Waals surface area contributed by atoms with E-state index in [1.807, 2.05) is 78.9 Å². The Kier molecular flexibility index (Phi) is 10.8. The van der Waals surface area contributed by atoms with Crippen LogP contribution in [0.1, 0.15) is 72.9 Å². The molecule has 3 heteroatoms. The average Bonchev–Trinajstić information content (AvgIpc) is 3.16. The van der Waals surface area contributed by atoms with Gasteiger partial charge in [0, 0.05) is 38.9 Å². The van der Waals surface area contributed by atoms with Crippen molar-refractivity contribution in [2.24, 2.45) is 0 Å². The lowest BCUT2D eigenvalue weighted by Crippen LogP contribution is -2.00. The standard InChI is InChI=1S/C45H39N3/c1-3-5-10-34-14-18-36(19-15-34)22-24-38-26-30-41(31-27-38)44-46-43(40-12-8-7-9-13-40)47-45(48-44)42-32-28-39(29-33-42)25-23-37-20-16-35(17-21-37)11-6-4-2/h7-9,12-21,26-33H,3-6,10-11H2,1-2H3. The van der Waals surface area contributed by atoms with Gasteiger partial charge in [0.05, 0.1) is 0 Å². The number of benzene rings is 5. The van der Waals surface area contributed by atoms with E-state index in [0.29, 0.717) is 17.5 Å². The molecule has 0 saturated carbocycles. The molecule has 6 rings (SSSR count). The van der Waals surface area contributed by atoms with E-state index in [9.17, 15) is 0 Å². The zero-order valence-electron chi connectivity index (χ0n) is 27.7. The van der Waals surface area contributed by atoms with Crippen LogP contribution in [0.3, 0.4) is 0 Å². The Hall–Kier alpha value is -5.77. The molecule has 0 spiro atoms. The van der Waals surface area contributed by atoms with Gasteiger partial charge >= 0.3 is 0 Å². The minimum absolute atomic E-state index is 0.618. The summed E-state index contributed by atoms with van der Waals surface area (Å²) >= 11 is 0. The highest BCUT2D eigenvalue weighted by atomic mass is 15.0. The molecular formula is C45H39N3. The minimum Gasteiger partial charge on any atom is -0.208 e. The van der Waals surface area contributed by atoms with Crippen molar-refractivity contribution in [1.82, 2.24) is 15.0 Å². The van der Waals surface area contributed by atoms with Crippen LogP contribution in [0.4, 0.5) is 0 Å². The second kappa shape index (κ2) is 16.2. The third-order valence-electron chi connectivity index (χ3n) is 8.20. The highest BCUT2D eigenvalue weighted by Gasteiger charge is 2.12. The minimum atomic E-state index is 0.618. The van der Waals surface area contributed by atoms with Gasteiger partial charge in [0.25, 0.3) is 0 Å². The summed E-state index contributed by atoms with van der Waals surface area (Å²) in [7, 11) is 0. The first kappa shape index (κ1) is 32.2. The number of unbranched alkanes of at least 4 members (excludes halogenated alkanes) is 2. The summed E-state index contributed by atoms with van der Waals surface area (Å²) in [6, 6.07) is 43.4. The quantitative estimate of drug-likeness (QED) is 0.151. The van der Waals surface area contributed by atoms with Crippen LogP contribution in [-0.4, -0.2) is 15.0 Å². The van der Waals surface area contributed by atoms with Crippen LogP contribution in [-0.2, 0) is 12.8 Å². The Morgan fingerprint density at radius 2 is 0.688 bits per heavy atom. The van der Waals surface area contributed by atoms with E-state index in [-0.39, 0.29) is 0 Å². The van der Waals surface area contributed by atoms with Crippen molar-refractivity contribution in [2.75, 3.05) is 0 Å². The van der Waals surface area contributed by atoms with E-state index in [2.05, 4.69) is 86.1 Å². The summed E-state index contributed by atoms with van der Waals surface area (Å²) in [6.45, 7) is 4.44. The highest BCUT2D eigenvalue weighted by molar-refractivity contribution is 5.67. The van der Waals surface area contributed by atoms with Gasteiger partial charge in [-0.1, -0.05) is 105 Å². The number of nitrogens with zero attached hydrogens (tertiary/aromatic N) is 3. The molecule has 0 aliphatic heterocycles. The van der Waals surface area contributed by atoms with Gasteiger partial charge in [-0.2, -0.15) is 0 Å². The van der Waals surface area contributed by atoms with E-state index < -0.39 is 0 Å². The van der Waals surface area contributed by atoms with Crippen molar-refractivity contribution in [3.8, 4) is 57.8 Å². The van der Waals surface area contributed by atoms with Crippen LogP contribution < -0.4 is 0 Å². The molecule has 5 aromatic carbocycles. The fraction of sp³-hybridized carbons (Fsp3) is 0.178. The van der Waals surface area contributed by atoms with Gasteiger partial charge in [-0.25, -0.2) is 15.0 Å². The molecule has 0 saturated heterocycles. The molecule has 0 unspecified atom stereocenters. The molecule has 0 amide bonds. The predicted octanol–water partition coefficient (Wildman–Crippen LogP) is 10.4. The van der Waals surface area contributed by atoms with E-state index in [4.69, 9.17) is 15.0 Å². The summed E-state index contributed by atoms with van der Waals surface area (Å²) in [4.78, 5) is 14.7. The summed E-state index contributed by atoms with van der Waals surface area (Å²) in [5.41, 5.74) is 9.39. The Labute approximate surface area is 285 Å². The van der Waals surface area contributed by atoms with Crippen molar-refractivity contribution < 1.29 is 0 Å². The molecule has 234 valence electrons. The summed E-state index contributed by atoms with van der Waals surface area (Å²) in [6.07, 6.45) is 7.06. The van der Waals surface area contributed by atoms with Gasteiger partial charge < -0.3 is 0 Å². The first-order valence-electron chi connectivity index (χ1n) is 16.9. The molecule has 6 aromatic rings. The fourth-order valence-corrected chi connectivity index (χ4v) is 5.32. The van der Waals surface area contributed by atoms with Crippen LogP contribution >= 0.6 is 0 Å². The Balaban J connectivity index is 1.23. The van der Waals surface area contributed by atoms with Gasteiger partial charge in [0.15, 0.2) is 17.5 Å². The van der Waals surface area contributed by atoms with Crippen molar-refractivity contribution >= 4 is 0 Å². The van der Waals surface area contributed by atoms with E-state index in [1.54, 1.807) is 0 Å². The van der Waals surface area contributed by atoms with Gasteiger partial charge in [0.2, 0.25) is 0 Å². The first-order valence-corrected chi connectivity index (χ1v) is 16.9. The molecule has 1 aromatic heterocycles. The van der Waals surface area contributed by atoms with Crippen LogP contribution in [0.25, 0.3) is 34.2 Å². The lowest BCUT2D eigenvalue weighted by Gasteiger charge is -2.08. The number of hydrogen-bond donors (Lipinski definition) is 0. The number of aryl methyl sites for hydroxylation is 2. The van der Waals surface area contributed by atoms with E-state index >= 15 is 0 Å². The zero-order valence-corrected chi connectivity index (χ0v) is 27.7. The van der Waals surface area contributed by atoms with Gasteiger partial charge in [-0.15, -0.1) is 0 Å². The van der Waals surface area contributed by atoms with E-state index in [1.165, 1.54) is 36.8 Å². The predicted molar refractivity (Wildman–Crippen MR) is 198 cm³/mol. The molecule has 0 atom stereocenters. The van der Waals surface area contributed by atoms with Crippen LogP contribution in [0.15, 0.2) is 127 Å². The van der Waals surface area contributed by atoms with Crippen molar-refractivity contribution in [2.45, 2.75) is 52.4 Å². The average molecular weight is 622 g/mol. The molecule has 0 fully saturated rings. The maximum absolute atomic E-state index is 4.91. The summed E-state index contributed by atoms with van der Waals surface area (Å²) in [5, 5.41) is 0. The number of aromatic nitrogens is 3. The smallest absolute Gasteiger partial charge is 0.164 e. The van der Waals surface area contributed by atoms with Crippen molar-refractivity contribution in [3.05, 3.63) is 161 Å². The third-order valence-corrected chi connectivity index (χ3v) is 8.20. The molecule has 1 heterocycles. The van der Waals surface area contributed by atoms with Gasteiger partial charge in [-0.3, -0.25) is 0 Å². The van der Waals surface area contributed by atoms with Crippen LogP contribution in [0.5, 0.6) is 0 Å². The van der Waals surface area contributed by atoms with Gasteiger partial charge in [-0.05, 0) is 110 Å². The summed E-state index contributed by atoms with van der Waals surface area (Å²) < 4.78 is 0. The third kappa shape index (κ3) is 8.73. The second-order valence-electron chi connectivity index (χ2n) is 11.9. The Bertz CT molecular complexity index is 1920. The first-order chi connectivity index (χ1) is 23.7. The second-order valence-corrected chi connectivity index (χ2v) is 11.9. The summed E-state index contributed by atoms with van der Waals surface area (Å²) in [5.74, 6) is 15.1. The molecule has 0 N–H and O–H groups in total. The molecule has 3 nitrogen and oxygen atoms in total. The molecular weight excluding hydrogens is 583 g/mol. The molecule has 0 radical (unpaired) electrons. The normalized spacial score (nSPS) is 10.5. The SMILES string of the molecule is CCCCc1ccc(C#Cc2ccc(-c3nc(-c4ccccc4)nc(-c4ccc(C#Cc5ccc(CCCC)cc5)cc4)n3)cc2)cc1. The number of hydrogen-bond acceptors (Lipinski definition) is 3. The van der Waals surface area contributed by atoms with Crippen molar-refractivity contribution in [1.29, 1.82) is 0 Å². The van der Waals surface area contributed by atoms with E-state index in [0.717, 1.165) is 51.8 Å². The van der Waals surface area contributed by atoms with Crippen LogP contribution in [0.2, 0.25) is 0 Å². The molecule has 0 bridgehead atoms. The maximum atomic E-state index is 4.91. The molecule has 0 aliphatic carbocycles. The monoisotopic (exact) mass is 621 g/mol. The van der Waals surface area contributed by atoms with Crippen molar-refractivity contribution in [3.63, 3.8) is 0 Å². The van der Waals surface area contributed by atoms with Crippen LogP contribution in [0, 0.1) is 23.7 Å². The topological polar surface area (TPSA) is 38.7 Å². The molecule has 0 aliphatic rings. The number of rotatable bonds is 9. The Morgan fingerprint density at radius 1 is 0.375 bits per heavy atom. The van der Waals surface area contributed by atoms with Gasteiger partial charge in [0.1, 0.15) is 0 Å².